The maximum Gasteiger partial charge on any atom is 0.109 e. The van der Waals surface area contributed by atoms with Crippen LogP contribution in [0, 0.1) is 0 Å². The number of aryl methyl sites for hydroxylation is 3. The Kier molecular flexibility index (Phi) is 2.84. The first-order valence-corrected chi connectivity index (χ1v) is 6.28. The standard InChI is InChI=1S/C14H16N4/c1-2-14-16-12-5-3-4-6-13(12)18(14)10-9-17-8-7-15-11-17/h3-8,11H,2,9-10H2,1H3. The molecule has 0 aliphatic heterocycles. The molecule has 92 valence electrons. The molecule has 0 amide bonds. The van der Waals surface area contributed by atoms with E-state index >= 15 is 0 Å². The van der Waals surface area contributed by atoms with E-state index in [4.69, 9.17) is 0 Å². The van der Waals surface area contributed by atoms with Crippen LogP contribution in [0.5, 0.6) is 0 Å². The molecule has 0 saturated heterocycles. The van der Waals surface area contributed by atoms with E-state index < -0.39 is 0 Å². The van der Waals surface area contributed by atoms with E-state index in [9.17, 15) is 0 Å². The second kappa shape index (κ2) is 4.64. The van der Waals surface area contributed by atoms with Crippen molar-refractivity contribution in [1.82, 2.24) is 19.1 Å². The van der Waals surface area contributed by atoms with Crippen LogP contribution in [-0.2, 0) is 19.5 Å². The molecule has 1 aromatic carbocycles. The molecule has 0 aliphatic rings. The van der Waals surface area contributed by atoms with Crippen LogP contribution in [0.1, 0.15) is 12.7 Å². The number of nitrogens with zero attached hydrogens (tertiary/aromatic N) is 4. The fourth-order valence-corrected chi connectivity index (χ4v) is 2.28. The van der Waals surface area contributed by atoms with Gasteiger partial charge in [0, 0.05) is 31.9 Å². The maximum absolute atomic E-state index is 4.67. The van der Waals surface area contributed by atoms with Crippen molar-refractivity contribution in [3.8, 4) is 0 Å². The molecule has 0 unspecified atom stereocenters. The molecule has 3 rings (SSSR count). The van der Waals surface area contributed by atoms with Gasteiger partial charge in [-0.3, -0.25) is 0 Å². The lowest BCUT2D eigenvalue weighted by atomic mass is 10.3. The zero-order valence-corrected chi connectivity index (χ0v) is 10.5. The van der Waals surface area contributed by atoms with Gasteiger partial charge in [-0.2, -0.15) is 0 Å². The first-order valence-electron chi connectivity index (χ1n) is 6.28. The predicted molar refractivity (Wildman–Crippen MR) is 71.3 cm³/mol. The largest absolute Gasteiger partial charge is 0.336 e. The summed E-state index contributed by atoms with van der Waals surface area (Å²) < 4.78 is 4.39. The predicted octanol–water partition coefficient (Wildman–Crippen LogP) is 2.50. The fourth-order valence-electron chi connectivity index (χ4n) is 2.28. The molecule has 2 aromatic heterocycles. The zero-order chi connectivity index (χ0) is 12.4. The molecular formula is C14H16N4. The lowest BCUT2D eigenvalue weighted by molar-refractivity contribution is 0.571. The third-order valence-corrected chi connectivity index (χ3v) is 3.19. The van der Waals surface area contributed by atoms with Crippen molar-refractivity contribution < 1.29 is 0 Å². The maximum atomic E-state index is 4.67. The molecule has 0 aliphatic carbocycles. The van der Waals surface area contributed by atoms with E-state index in [0.717, 1.165) is 30.9 Å². The van der Waals surface area contributed by atoms with Crippen molar-refractivity contribution in [2.45, 2.75) is 26.4 Å². The van der Waals surface area contributed by atoms with E-state index in [2.05, 4.69) is 44.2 Å². The highest BCUT2D eigenvalue weighted by Gasteiger charge is 2.08. The van der Waals surface area contributed by atoms with Crippen LogP contribution >= 0.6 is 0 Å². The smallest absolute Gasteiger partial charge is 0.109 e. The number of para-hydroxylation sites is 2. The van der Waals surface area contributed by atoms with Crippen LogP contribution < -0.4 is 0 Å². The average Bonchev–Trinajstić information content (AvgIpc) is 3.03. The molecule has 4 nitrogen and oxygen atoms in total. The molecule has 4 heteroatoms. The van der Waals surface area contributed by atoms with Crippen LogP contribution in [0.15, 0.2) is 43.0 Å². The normalized spacial score (nSPS) is 11.2. The molecule has 0 fully saturated rings. The van der Waals surface area contributed by atoms with Gasteiger partial charge in [-0.15, -0.1) is 0 Å². The molecule has 3 aromatic rings. The molecule has 2 heterocycles. The number of hydrogen-bond acceptors (Lipinski definition) is 2. The quantitative estimate of drug-likeness (QED) is 0.702. The second-order valence-corrected chi connectivity index (χ2v) is 4.32. The summed E-state index contributed by atoms with van der Waals surface area (Å²) in [4.78, 5) is 8.73. The zero-order valence-electron chi connectivity index (χ0n) is 10.5. The van der Waals surface area contributed by atoms with Crippen LogP contribution in [0.4, 0.5) is 0 Å². The highest BCUT2D eigenvalue weighted by molar-refractivity contribution is 5.75. The molecular weight excluding hydrogens is 224 g/mol. The fraction of sp³-hybridized carbons (Fsp3) is 0.286. The minimum absolute atomic E-state index is 0.924. The van der Waals surface area contributed by atoms with E-state index in [1.54, 1.807) is 0 Å². The first-order chi connectivity index (χ1) is 8.88. The second-order valence-electron chi connectivity index (χ2n) is 4.32. The number of imidazole rings is 2. The van der Waals surface area contributed by atoms with Crippen LogP contribution in [0.2, 0.25) is 0 Å². The third kappa shape index (κ3) is 1.90. The van der Waals surface area contributed by atoms with Gasteiger partial charge in [0.2, 0.25) is 0 Å². The van der Waals surface area contributed by atoms with Crippen LogP contribution in [0.25, 0.3) is 11.0 Å². The monoisotopic (exact) mass is 240 g/mol. The number of rotatable bonds is 4. The third-order valence-electron chi connectivity index (χ3n) is 3.19. The van der Waals surface area contributed by atoms with Crippen molar-refractivity contribution in [1.29, 1.82) is 0 Å². The molecule has 0 atom stereocenters. The van der Waals surface area contributed by atoms with E-state index in [1.165, 1.54) is 5.52 Å². The molecule has 0 radical (unpaired) electrons. The Labute approximate surface area is 106 Å². The summed E-state index contributed by atoms with van der Waals surface area (Å²) in [5, 5.41) is 0. The summed E-state index contributed by atoms with van der Waals surface area (Å²) in [5.41, 5.74) is 2.30. The van der Waals surface area contributed by atoms with Crippen molar-refractivity contribution in [3.05, 3.63) is 48.8 Å². The van der Waals surface area contributed by atoms with Crippen molar-refractivity contribution in [3.63, 3.8) is 0 Å². The van der Waals surface area contributed by atoms with Gasteiger partial charge < -0.3 is 9.13 Å². The molecule has 0 N–H and O–H groups in total. The summed E-state index contributed by atoms with van der Waals surface area (Å²) >= 11 is 0. The summed E-state index contributed by atoms with van der Waals surface area (Å²) in [7, 11) is 0. The lowest BCUT2D eigenvalue weighted by Gasteiger charge is -2.08. The molecule has 0 saturated carbocycles. The Hall–Kier alpha value is -2.10. The van der Waals surface area contributed by atoms with E-state index in [1.807, 2.05) is 24.8 Å². The first kappa shape index (κ1) is 11.0. The lowest BCUT2D eigenvalue weighted by Crippen LogP contribution is -2.08. The topological polar surface area (TPSA) is 35.6 Å². The van der Waals surface area contributed by atoms with Gasteiger partial charge in [0.05, 0.1) is 17.4 Å². The molecule has 0 spiro atoms. The van der Waals surface area contributed by atoms with E-state index in [-0.39, 0.29) is 0 Å². The van der Waals surface area contributed by atoms with Crippen molar-refractivity contribution in [2.24, 2.45) is 0 Å². The minimum atomic E-state index is 0.924. The highest BCUT2D eigenvalue weighted by Crippen LogP contribution is 2.16. The summed E-state index contributed by atoms with van der Waals surface area (Å²) in [5.74, 6) is 1.15. The van der Waals surface area contributed by atoms with E-state index in [0.29, 0.717) is 0 Å². The average molecular weight is 240 g/mol. The number of benzene rings is 1. The Morgan fingerprint density at radius 1 is 1.17 bits per heavy atom. The Bertz CT molecular complexity index is 637. The summed E-state index contributed by atoms with van der Waals surface area (Å²) in [6, 6.07) is 8.31. The summed E-state index contributed by atoms with van der Waals surface area (Å²) in [6.45, 7) is 4.00. The SMILES string of the molecule is CCc1nc2ccccc2n1CCn1ccnc1. The van der Waals surface area contributed by atoms with Crippen molar-refractivity contribution in [2.75, 3.05) is 0 Å². The Morgan fingerprint density at radius 3 is 2.83 bits per heavy atom. The number of fused-ring (bicyclic) bond motifs is 1. The van der Waals surface area contributed by atoms with Gasteiger partial charge in [0.15, 0.2) is 0 Å². The van der Waals surface area contributed by atoms with Gasteiger partial charge >= 0.3 is 0 Å². The van der Waals surface area contributed by atoms with Gasteiger partial charge in [0.25, 0.3) is 0 Å². The molecule has 0 bridgehead atoms. The van der Waals surface area contributed by atoms with Gasteiger partial charge in [-0.1, -0.05) is 19.1 Å². The highest BCUT2D eigenvalue weighted by atomic mass is 15.1. The Balaban J connectivity index is 1.94. The molecule has 18 heavy (non-hydrogen) atoms. The van der Waals surface area contributed by atoms with Crippen molar-refractivity contribution >= 4 is 11.0 Å². The van der Waals surface area contributed by atoms with Crippen LogP contribution in [0.3, 0.4) is 0 Å². The Morgan fingerprint density at radius 2 is 2.06 bits per heavy atom. The number of hydrogen-bond donors (Lipinski definition) is 0. The minimum Gasteiger partial charge on any atom is -0.336 e. The van der Waals surface area contributed by atoms with Gasteiger partial charge in [-0.05, 0) is 12.1 Å². The van der Waals surface area contributed by atoms with Gasteiger partial charge in [0.1, 0.15) is 5.82 Å². The van der Waals surface area contributed by atoms with Crippen LogP contribution in [-0.4, -0.2) is 19.1 Å². The van der Waals surface area contributed by atoms with Gasteiger partial charge in [-0.25, -0.2) is 9.97 Å². The summed E-state index contributed by atoms with van der Waals surface area (Å²) in [6.07, 6.45) is 6.61. The number of aromatic nitrogens is 4.